The van der Waals surface area contributed by atoms with E-state index in [0.717, 1.165) is 44.5 Å². The fourth-order valence-corrected chi connectivity index (χ4v) is 4.21. The number of rotatable bonds is 5. The minimum atomic E-state index is 0.840. The molecule has 0 saturated carbocycles. The molecule has 2 aliphatic heterocycles. The molecule has 140 valence electrons. The van der Waals surface area contributed by atoms with Crippen molar-refractivity contribution in [3.63, 3.8) is 0 Å². The number of piperidine rings is 1. The molecule has 1 aromatic heterocycles. The fourth-order valence-electron chi connectivity index (χ4n) is 4.21. The Hall–Kier alpha value is -1.69. The van der Waals surface area contributed by atoms with Crippen molar-refractivity contribution in [1.82, 2.24) is 19.6 Å². The summed E-state index contributed by atoms with van der Waals surface area (Å²) in [7, 11) is 2.02. The van der Waals surface area contributed by atoms with Gasteiger partial charge in [-0.25, -0.2) is 0 Å². The summed E-state index contributed by atoms with van der Waals surface area (Å²) in [5, 5.41) is 4.71. The molecule has 2 aliphatic rings. The molecule has 1 aromatic carbocycles. The summed E-state index contributed by atoms with van der Waals surface area (Å²) in [5.41, 5.74) is 3.68. The first kappa shape index (κ1) is 17.7. The topological polar surface area (TPSA) is 33.5 Å². The summed E-state index contributed by atoms with van der Waals surface area (Å²) in [6, 6.07) is 10.5. The van der Waals surface area contributed by atoms with Crippen molar-refractivity contribution in [1.29, 1.82) is 0 Å². The number of hydrogen-bond donors (Lipinski definition) is 0. The highest BCUT2D eigenvalue weighted by molar-refractivity contribution is 5.62. The quantitative estimate of drug-likeness (QED) is 0.827. The number of aryl methyl sites for hydroxylation is 1. The van der Waals surface area contributed by atoms with E-state index in [1.807, 2.05) is 11.7 Å². The van der Waals surface area contributed by atoms with Crippen LogP contribution in [0.2, 0.25) is 0 Å². The van der Waals surface area contributed by atoms with Crippen molar-refractivity contribution < 1.29 is 4.74 Å². The van der Waals surface area contributed by atoms with Crippen molar-refractivity contribution in [3.05, 3.63) is 42.1 Å². The monoisotopic (exact) mass is 354 g/mol. The molecule has 0 atom stereocenters. The van der Waals surface area contributed by atoms with Crippen LogP contribution in [0.25, 0.3) is 11.3 Å². The number of nitrogens with zero attached hydrogens (tertiary/aromatic N) is 4. The Balaban J connectivity index is 1.33. The van der Waals surface area contributed by atoms with Gasteiger partial charge in [0.15, 0.2) is 0 Å². The van der Waals surface area contributed by atoms with E-state index in [9.17, 15) is 0 Å². The van der Waals surface area contributed by atoms with Gasteiger partial charge >= 0.3 is 0 Å². The zero-order valence-corrected chi connectivity index (χ0v) is 15.8. The van der Waals surface area contributed by atoms with E-state index >= 15 is 0 Å². The van der Waals surface area contributed by atoms with Crippen LogP contribution in [-0.2, 0) is 18.3 Å². The number of aromatic nitrogens is 2. The van der Waals surface area contributed by atoms with Gasteiger partial charge in [0.25, 0.3) is 0 Å². The van der Waals surface area contributed by atoms with Gasteiger partial charge in [0.1, 0.15) is 0 Å². The van der Waals surface area contributed by atoms with E-state index in [-0.39, 0.29) is 0 Å². The van der Waals surface area contributed by atoms with E-state index < -0.39 is 0 Å². The maximum atomic E-state index is 5.46. The molecule has 0 aliphatic carbocycles. The predicted octanol–water partition coefficient (Wildman–Crippen LogP) is 2.63. The molecule has 5 nitrogen and oxygen atoms in total. The second-order valence-electron chi connectivity index (χ2n) is 7.68. The lowest BCUT2D eigenvalue weighted by atomic mass is 9.95. The summed E-state index contributed by atoms with van der Waals surface area (Å²) >= 11 is 0. The van der Waals surface area contributed by atoms with Crippen LogP contribution < -0.4 is 0 Å². The van der Waals surface area contributed by atoms with Gasteiger partial charge in [-0.3, -0.25) is 14.5 Å². The van der Waals surface area contributed by atoms with Crippen molar-refractivity contribution in [2.75, 3.05) is 45.9 Å². The van der Waals surface area contributed by atoms with Crippen molar-refractivity contribution in [2.45, 2.75) is 19.4 Å². The molecule has 0 spiro atoms. The molecule has 5 heteroatoms. The minimum Gasteiger partial charge on any atom is -0.379 e. The third kappa shape index (κ3) is 4.34. The minimum absolute atomic E-state index is 0.840. The first-order valence-corrected chi connectivity index (χ1v) is 9.88. The standard InChI is InChI=1S/C21H30N4O/c1-23-16-20(21(22-23)19-5-3-2-4-6-19)17-24-9-7-18(8-10-24)15-25-11-13-26-14-12-25/h2-6,16,18H,7-15,17H2,1H3. The number of morpholine rings is 1. The van der Waals surface area contributed by atoms with Gasteiger partial charge in [0.05, 0.1) is 18.9 Å². The van der Waals surface area contributed by atoms with E-state index in [4.69, 9.17) is 9.84 Å². The maximum Gasteiger partial charge on any atom is 0.0968 e. The van der Waals surface area contributed by atoms with Crippen LogP contribution in [0, 0.1) is 5.92 Å². The molecule has 26 heavy (non-hydrogen) atoms. The summed E-state index contributed by atoms with van der Waals surface area (Å²) in [5.74, 6) is 0.840. The third-order valence-corrected chi connectivity index (χ3v) is 5.67. The average Bonchev–Trinajstić information content (AvgIpc) is 3.05. The molecule has 0 bridgehead atoms. The summed E-state index contributed by atoms with van der Waals surface area (Å²) in [6.07, 6.45) is 4.79. The zero-order chi connectivity index (χ0) is 17.8. The number of likely N-dealkylation sites (tertiary alicyclic amines) is 1. The second-order valence-corrected chi connectivity index (χ2v) is 7.68. The van der Waals surface area contributed by atoms with Crippen molar-refractivity contribution >= 4 is 0 Å². The number of benzene rings is 1. The molecule has 2 saturated heterocycles. The Bertz CT molecular complexity index is 685. The van der Waals surface area contributed by atoms with E-state index in [1.54, 1.807) is 0 Å². The highest BCUT2D eigenvalue weighted by Gasteiger charge is 2.23. The van der Waals surface area contributed by atoms with Gasteiger partial charge in [0, 0.05) is 50.6 Å². The fraction of sp³-hybridized carbons (Fsp3) is 0.571. The molecule has 3 heterocycles. The van der Waals surface area contributed by atoms with Crippen LogP contribution in [0.4, 0.5) is 0 Å². The molecule has 0 N–H and O–H groups in total. The van der Waals surface area contributed by atoms with Crippen LogP contribution in [-0.4, -0.2) is 65.5 Å². The average molecular weight is 354 g/mol. The van der Waals surface area contributed by atoms with E-state index in [1.165, 1.54) is 43.6 Å². The highest BCUT2D eigenvalue weighted by atomic mass is 16.5. The van der Waals surface area contributed by atoms with Crippen LogP contribution in [0.5, 0.6) is 0 Å². The lowest BCUT2D eigenvalue weighted by Gasteiger charge is -2.36. The van der Waals surface area contributed by atoms with E-state index in [2.05, 4.69) is 46.3 Å². The normalized spacial score (nSPS) is 20.5. The van der Waals surface area contributed by atoms with Crippen molar-refractivity contribution in [3.8, 4) is 11.3 Å². The molecule has 0 amide bonds. The Morgan fingerprint density at radius 1 is 1.00 bits per heavy atom. The van der Waals surface area contributed by atoms with Crippen LogP contribution in [0.15, 0.2) is 36.5 Å². The summed E-state index contributed by atoms with van der Waals surface area (Å²) in [6.45, 7) is 8.66. The van der Waals surface area contributed by atoms with Crippen LogP contribution in [0.1, 0.15) is 18.4 Å². The largest absolute Gasteiger partial charge is 0.379 e. The second kappa shape index (κ2) is 8.33. The molecule has 2 aromatic rings. The Morgan fingerprint density at radius 3 is 2.46 bits per heavy atom. The van der Waals surface area contributed by atoms with Crippen LogP contribution >= 0.6 is 0 Å². The van der Waals surface area contributed by atoms with Gasteiger partial charge in [0.2, 0.25) is 0 Å². The zero-order valence-electron chi connectivity index (χ0n) is 15.8. The van der Waals surface area contributed by atoms with Crippen molar-refractivity contribution in [2.24, 2.45) is 13.0 Å². The van der Waals surface area contributed by atoms with Gasteiger partial charge in [-0.05, 0) is 31.8 Å². The number of ether oxygens (including phenoxy) is 1. The molecular weight excluding hydrogens is 324 g/mol. The molecule has 2 fully saturated rings. The third-order valence-electron chi connectivity index (χ3n) is 5.67. The first-order valence-electron chi connectivity index (χ1n) is 9.88. The molecule has 0 radical (unpaired) electrons. The summed E-state index contributed by atoms with van der Waals surface area (Å²) < 4.78 is 7.41. The van der Waals surface area contributed by atoms with Gasteiger partial charge in [-0.1, -0.05) is 30.3 Å². The van der Waals surface area contributed by atoms with Gasteiger partial charge < -0.3 is 4.74 Å². The highest BCUT2D eigenvalue weighted by Crippen LogP contribution is 2.25. The Morgan fingerprint density at radius 2 is 1.73 bits per heavy atom. The molecule has 4 rings (SSSR count). The lowest BCUT2D eigenvalue weighted by molar-refractivity contribution is 0.0242. The SMILES string of the molecule is Cn1cc(CN2CCC(CN3CCOCC3)CC2)c(-c2ccccc2)n1. The Labute approximate surface area is 156 Å². The summed E-state index contributed by atoms with van der Waals surface area (Å²) in [4.78, 5) is 5.18. The van der Waals surface area contributed by atoms with Gasteiger partial charge in [-0.2, -0.15) is 5.10 Å². The molecular formula is C21H30N4O. The number of hydrogen-bond acceptors (Lipinski definition) is 4. The van der Waals surface area contributed by atoms with Crippen LogP contribution in [0.3, 0.4) is 0 Å². The predicted molar refractivity (Wildman–Crippen MR) is 104 cm³/mol. The lowest BCUT2D eigenvalue weighted by Crippen LogP contribution is -2.42. The first-order chi connectivity index (χ1) is 12.8. The maximum absolute atomic E-state index is 5.46. The smallest absolute Gasteiger partial charge is 0.0968 e. The van der Waals surface area contributed by atoms with Gasteiger partial charge in [-0.15, -0.1) is 0 Å². The Kier molecular flexibility index (Phi) is 5.68. The molecule has 0 unspecified atom stereocenters. The van der Waals surface area contributed by atoms with E-state index in [0.29, 0.717) is 0 Å².